The zero-order chi connectivity index (χ0) is 13.3. The molecule has 0 aliphatic heterocycles. The fourth-order valence-electron chi connectivity index (χ4n) is 1.43. The Hall–Kier alpha value is 0.760. The molecule has 0 spiro atoms. The predicted molar refractivity (Wildman–Crippen MR) is 92.5 cm³/mol. The summed E-state index contributed by atoms with van der Waals surface area (Å²) in [6, 6.07) is 2.00. The molecule has 2 heterocycles. The van der Waals surface area contributed by atoms with E-state index >= 15 is 0 Å². The van der Waals surface area contributed by atoms with Crippen LogP contribution in [0.25, 0.3) is 10.7 Å². The Morgan fingerprint density at radius 3 is 2.67 bits per heavy atom. The largest absolute Gasteiger partial charge is 0.231 e. The van der Waals surface area contributed by atoms with E-state index in [4.69, 9.17) is 11.6 Å². The molecule has 2 aromatic rings. The predicted octanol–water partition coefficient (Wildman–Crippen LogP) is 5.94. The van der Waals surface area contributed by atoms with Gasteiger partial charge in [-0.2, -0.15) is 0 Å². The number of aryl methyl sites for hydroxylation is 1. The zero-order valence-electron chi connectivity index (χ0n) is 9.31. The van der Waals surface area contributed by atoms with Crippen LogP contribution < -0.4 is 0 Å². The quantitative estimate of drug-likeness (QED) is 0.369. The van der Waals surface area contributed by atoms with Crippen LogP contribution in [0.5, 0.6) is 0 Å². The second-order valence-electron chi connectivity index (χ2n) is 3.58. The Labute approximate surface area is 145 Å². The van der Waals surface area contributed by atoms with Gasteiger partial charge in [-0.25, -0.2) is 9.97 Å². The molecule has 0 aliphatic carbocycles. The average Bonchev–Trinajstić information content (AvgIpc) is 2.65. The van der Waals surface area contributed by atoms with Crippen molar-refractivity contribution in [3.8, 4) is 10.7 Å². The Morgan fingerprint density at radius 2 is 2.11 bits per heavy atom. The number of rotatable bonds is 3. The zero-order valence-corrected chi connectivity index (χ0v) is 16.2. The van der Waals surface area contributed by atoms with Crippen molar-refractivity contribution in [3.05, 3.63) is 28.7 Å². The van der Waals surface area contributed by atoms with E-state index in [0.29, 0.717) is 11.0 Å². The smallest absolute Gasteiger partial charge is 0.171 e. The minimum atomic E-state index is 0.532. The number of thiophene rings is 1. The summed E-state index contributed by atoms with van der Waals surface area (Å²) >= 11 is 16.9. The highest BCUT2D eigenvalue weighted by Gasteiger charge is 2.14. The molecule has 0 fully saturated rings. The molecule has 2 rings (SSSR count). The van der Waals surface area contributed by atoms with E-state index in [9.17, 15) is 0 Å². The molecule has 96 valence electrons. The third kappa shape index (κ3) is 3.26. The first-order valence-electron chi connectivity index (χ1n) is 5.20. The number of aromatic nitrogens is 2. The molecular weight excluding hydrogens is 514 g/mol. The number of halogens is 4. The average molecular weight is 522 g/mol. The highest BCUT2D eigenvalue weighted by atomic mass is 127. The summed E-state index contributed by atoms with van der Waals surface area (Å²) in [5.41, 5.74) is 1.02. The van der Waals surface area contributed by atoms with E-state index in [1.165, 1.54) is 0 Å². The van der Waals surface area contributed by atoms with Gasteiger partial charge in [0.25, 0.3) is 0 Å². The lowest BCUT2D eigenvalue weighted by molar-refractivity contribution is 0.868. The van der Waals surface area contributed by atoms with Crippen LogP contribution in [0.4, 0.5) is 0 Å². The van der Waals surface area contributed by atoms with Gasteiger partial charge >= 0.3 is 0 Å². The summed E-state index contributed by atoms with van der Waals surface area (Å²) in [5, 5.41) is 0.532. The summed E-state index contributed by atoms with van der Waals surface area (Å²) in [6.07, 6.45) is 1.96. The third-order valence-electron chi connectivity index (χ3n) is 2.23. The van der Waals surface area contributed by atoms with Gasteiger partial charge in [0.2, 0.25) is 0 Å². The van der Waals surface area contributed by atoms with E-state index in [-0.39, 0.29) is 0 Å². The number of hydrogen-bond acceptors (Lipinski definition) is 3. The summed E-state index contributed by atoms with van der Waals surface area (Å²) in [5.74, 6) is 0.695. The molecule has 7 heteroatoms. The highest BCUT2D eigenvalue weighted by molar-refractivity contribution is 14.1. The molecule has 2 aromatic heterocycles. The van der Waals surface area contributed by atoms with Gasteiger partial charge < -0.3 is 0 Å². The maximum Gasteiger partial charge on any atom is 0.171 e. The molecule has 0 saturated carbocycles. The van der Waals surface area contributed by atoms with E-state index in [0.717, 1.165) is 35.2 Å². The van der Waals surface area contributed by atoms with Gasteiger partial charge in [0.05, 0.1) is 17.9 Å². The van der Waals surface area contributed by atoms with E-state index in [2.05, 4.69) is 71.3 Å². The van der Waals surface area contributed by atoms with Crippen molar-refractivity contribution in [2.45, 2.75) is 19.8 Å². The van der Waals surface area contributed by atoms with Gasteiger partial charge in [0.1, 0.15) is 5.15 Å². The van der Waals surface area contributed by atoms with Gasteiger partial charge in [-0.05, 0) is 66.9 Å². The van der Waals surface area contributed by atoms with Gasteiger partial charge in [-0.1, -0.05) is 24.9 Å². The molecule has 0 atom stereocenters. The maximum atomic E-state index is 6.17. The van der Waals surface area contributed by atoms with E-state index < -0.39 is 0 Å². The van der Waals surface area contributed by atoms with Crippen molar-refractivity contribution in [3.63, 3.8) is 0 Å². The molecule has 0 bridgehead atoms. The fraction of sp³-hybridized carbons (Fsp3) is 0.273. The molecule has 0 N–H and O–H groups in total. The third-order valence-corrected chi connectivity index (χ3v) is 7.21. The van der Waals surface area contributed by atoms with Crippen LogP contribution in [0.15, 0.2) is 14.3 Å². The monoisotopic (exact) mass is 520 g/mol. The molecule has 0 aromatic carbocycles. The van der Waals surface area contributed by atoms with E-state index in [1.54, 1.807) is 11.3 Å². The summed E-state index contributed by atoms with van der Waals surface area (Å²) in [4.78, 5) is 9.97. The SMILES string of the molecule is CCCc1nc(-c2cc(Br)c(Br)s2)nc(Cl)c1I. The maximum absolute atomic E-state index is 6.17. The summed E-state index contributed by atoms with van der Waals surface area (Å²) < 4.78 is 3.00. The molecular formula is C11H8Br2ClIN2S. The molecule has 0 radical (unpaired) electrons. The molecule has 0 aliphatic rings. The number of nitrogens with zero attached hydrogens (tertiary/aromatic N) is 2. The van der Waals surface area contributed by atoms with Crippen molar-refractivity contribution >= 4 is 77.4 Å². The Balaban J connectivity index is 2.51. The van der Waals surface area contributed by atoms with Crippen LogP contribution in [0, 0.1) is 3.57 Å². The van der Waals surface area contributed by atoms with Crippen molar-refractivity contribution in [1.82, 2.24) is 9.97 Å². The van der Waals surface area contributed by atoms with Gasteiger partial charge in [-0.3, -0.25) is 0 Å². The van der Waals surface area contributed by atoms with E-state index in [1.807, 2.05) is 6.07 Å². The van der Waals surface area contributed by atoms with Crippen LogP contribution in [-0.2, 0) is 6.42 Å². The van der Waals surface area contributed by atoms with Crippen LogP contribution in [0.1, 0.15) is 19.0 Å². The molecule has 0 unspecified atom stereocenters. The van der Waals surface area contributed by atoms with Crippen LogP contribution in [-0.4, -0.2) is 9.97 Å². The Morgan fingerprint density at radius 1 is 1.39 bits per heavy atom. The summed E-state index contributed by atoms with van der Waals surface area (Å²) in [7, 11) is 0. The van der Waals surface area contributed by atoms with Crippen molar-refractivity contribution in [2.75, 3.05) is 0 Å². The van der Waals surface area contributed by atoms with Gasteiger partial charge in [-0.15, -0.1) is 11.3 Å². The first kappa shape index (κ1) is 15.2. The lowest BCUT2D eigenvalue weighted by Crippen LogP contribution is -1.99. The molecule has 18 heavy (non-hydrogen) atoms. The van der Waals surface area contributed by atoms with Crippen molar-refractivity contribution in [1.29, 1.82) is 0 Å². The van der Waals surface area contributed by atoms with Crippen LogP contribution in [0.3, 0.4) is 0 Å². The van der Waals surface area contributed by atoms with Crippen LogP contribution in [0.2, 0.25) is 5.15 Å². The second-order valence-corrected chi connectivity index (χ2v) is 8.24. The molecule has 2 nitrogen and oxygen atoms in total. The van der Waals surface area contributed by atoms with Gasteiger partial charge in [0.15, 0.2) is 5.82 Å². The Bertz CT molecular complexity index is 569. The van der Waals surface area contributed by atoms with Crippen LogP contribution >= 0.6 is 77.4 Å². The Kier molecular flexibility index (Phi) is 5.45. The minimum absolute atomic E-state index is 0.532. The molecule has 0 saturated heterocycles. The van der Waals surface area contributed by atoms with Crippen molar-refractivity contribution < 1.29 is 0 Å². The first-order chi connectivity index (χ1) is 8.52. The fourth-order valence-corrected chi connectivity index (χ4v) is 4.10. The highest BCUT2D eigenvalue weighted by Crippen LogP contribution is 2.37. The normalized spacial score (nSPS) is 10.9. The van der Waals surface area contributed by atoms with Crippen molar-refractivity contribution in [2.24, 2.45) is 0 Å². The number of hydrogen-bond donors (Lipinski definition) is 0. The topological polar surface area (TPSA) is 25.8 Å². The first-order valence-corrected chi connectivity index (χ1v) is 9.06. The standard InChI is InChI=1S/C11H8Br2ClIN2S/c1-2-3-6-8(15)10(14)17-11(16-6)7-4-5(12)9(13)18-7/h4H,2-3H2,1H3. The van der Waals surface area contributed by atoms with Gasteiger partial charge in [0, 0.05) is 4.47 Å². The summed E-state index contributed by atoms with van der Waals surface area (Å²) in [6.45, 7) is 2.13. The second kappa shape index (κ2) is 6.47. The lowest BCUT2D eigenvalue weighted by atomic mass is 10.2. The molecule has 0 amide bonds. The lowest BCUT2D eigenvalue weighted by Gasteiger charge is -2.06. The minimum Gasteiger partial charge on any atom is -0.231 e.